The highest BCUT2D eigenvalue weighted by molar-refractivity contribution is 9.09. The van der Waals surface area contributed by atoms with E-state index in [9.17, 15) is 0 Å². The Kier molecular flexibility index (Phi) is 5.51. The molecule has 1 rings (SSSR count). The van der Waals surface area contributed by atoms with Crippen LogP contribution in [0.4, 0.5) is 0 Å². The van der Waals surface area contributed by atoms with Gasteiger partial charge in [0.1, 0.15) is 5.75 Å². The Morgan fingerprint density at radius 1 is 1.29 bits per heavy atom. The molecule has 0 saturated heterocycles. The molecular weight excluding hydrogens is 276 g/mol. The Balaban J connectivity index is 2.77. The Bertz CT molecular complexity index is 347. The van der Waals surface area contributed by atoms with Crippen LogP contribution in [0.3, 0.4) is 0 Å². The zero-order valence-corrected chi connectivity index (χ0v) is 12.9. The first-order valence-electron chi connectivity index (χ1n) is 6.28. The Labute approximate surface area is 114 Å². The zero-order valence-electron chi connectivity index (χ0n) is 11.3. The topological polar surface area (TPSA) is 9.23 Å². The third-order valence-corrected chi connectivity index (χ3v) is 4.56. The van der Waals surface area contributed by atoms with Crippen molar-refractivity contribution in [2.45, 2.75) is 40.0 Å². The molecule has 0 spiro atoms. The summed E-state index contributed by atoms with van der Waals surface area (Å²) in [6, 6.07) is 8.38. The predicted molar refractivity (Wildman–Crippen MR) is 78.2 cm³/mol. The van der Waals surface area contributed by atoms with Gasteiger partial charge in [0.15, 0.2) is 0 Å². The molecule has 0 aliphatic carbocycles. The third-order valence-electron chi connectivity index (χ3n) is 3.04. The largest absolute Gasteiger partial charge is 0.493 e. The van der Waals surface area contributed by atoms with Crippen LogP contribution in [0.2, 0.25) is 0 Å². The fraction of sp³-hybridized carbons (Fsp3) is 0.600. The maximum Gasteiger partial charge on any atom is 0.122 e. The molecule has 0 aliphatic rings. The number of alkyl halides is 1. The van der Waals surface area contributed by atoms with Crippen molar-refractivity contribution in [3.63, 3.8) is 0 Å². The van der Waals surface area contributed by atoms with Crippen LogP contribution in [0.15, 0.2) is 24.3 Å². The molecule has 1 atom stereocenters. The maximum atomic E-state index is 5.99. The summed E-state index contributed by atoms with van der Waals surface area (Å²) in [5, 5.41) is 0.950. The molecule has 0 radical (unpaired) electrons. The molecule has 0 aromatic heterocycles. The number of halogens is 1. The third kappa shape index (κ3) is 4.34. The minimum Gasteiger partial charge on any atom is -0.493 e. The lowest BCUT2D eigenvalue weighted by molar-refractivity contribution is 0.201. The molecule has 17 heavy (non-hydrogen) atoms. The van der Waals surface area contributed by atoms with Gasteiger partial charge in [0.2, 0.25) is 0 Å². The van der Waals surface area contributed by atoms with E-state index < -0.39 is 0 Å². The van der Waals surface area contributed by atoms with Crippen LogP contribution in [-0.2, 0) is 0 Å². The van der Waals surface area contributed by atoms with Gasteiger partial charge < -0.3 is 4.74 Å². The molecule has 0 saturated carbocycles. The number of benzene rings is 1. The van der Waals surface area contributed by atoms with Gasteiger partial charge in [-0.15, -0.1) is 0 Å². The van der Waals surface area contributed by atoms with Gasteiger partial charge in [-0.1, -0.05) is 61.8 Å². The summed E-state index contributed by atoms with van der Waals surface area (Å²) in [4.78, 5) is 0. The van der Waals surface area contributed by atoms with Crippen molar-refractivity contribution in [2.75, 3.05) is 11.9 Å². The standard InChI is InChI=1S/C15H23BrO/c1-5-12(2)13-8-6-7-9-14(13)17-11-15(3,4)10-16/h6-9,12H,5,10-11H2,1-4H3. The summed E-state index contributed by atoms with van der Waals surface area (Å²) in [5.41, 5.74) is 1.49. The normalized spacial score (nSPS) is 13.5. The van der Waals surface area contributed by atoms with Gasteiger partial charge in [0, 0.05) is 10.7 Å². The average Bonchev–Trinajstić information content (AvgIpc) is 2.36. The number of hydrogen-bond donors (Lipinski definition) is 0. The average molecular weight is 299 g/mol. The van der Waals surface area contributed by atoms with E-state index in [0.29, 0.717) is 5.92 Å². The smallest absolute Gasteiger partial charge is 0.122 e. The van der Waals surface area contributed by atoms with E-state index >= 15 is 0 Å². The van der Waals surface area contributed by atoms with E-state index in [1.807, 2.05) is 6.07 Å². The minimum atomic E-state index is 0.169. The summed E-state index contributed by atoms with van der Waals surface area (Å²) in [6.07, 6.45) is 1.14. The molecule has 0 bridgehead atoms. The lowest BCUT2D eigenvalue weighted by Gasteiger charge is -2.24. The molecule has 1 nitrogen and oxygen atoms in total. The number of ether oxygens (including phenoxy) is 1. The molecule has 96 valence electrons. The van der Waals surface area contributed by atoms with Crippen molar-refractivity contribution in [3.05, 3.63) is 29.8 Å². The van der Waals surface area contributed by atoms with Crippen molar-refractivity contribution < 1.29 is 4.74 Å². The van der Waals surface area contributed by atoms with Crippen molar-refractivity contribution in [1.29, 1.82) is 0 Å². The highest BCUT2D eigenvalue weighted by Crippen LogP contribution is 2.30. The molecule has 0 heterocycles. The highest BCUT2D eigenvalue weighted by Gasteiger charge is 2.18. The van der Waals surface area contributed by atoms with Crippen molar-refractivity contribution >= 4 is 15.9 Å². The van der Waals surface area contributed by atoms with Gasteiger partial charge in [-0.3, -0.25) is 0 Å². The van der Waals surface area contributed by atoms with Gasteiger partial charge in [0.05, 0.1) is 6.61 Å². The molecule has 0 aliphatic heterocycles. The van der Waals surface area contributed by atoms with Crippen LogP contribution >= 0.6 is 15.9 Å². The summed E-state index contributed by atoms with van der Waals surface area (Å²) in [5.74, 6) is 1.59. The molecule has 1 aromatic rings. The number of rotatable bonds is 6. The molecule has 1 unspecified atom stereocenters. The first-order valence-corrected chi connectivity index (χ1v) is 7.40. The Morgan fingerprint density at radius 2 is 1.94 bits per heavy atom. The Hall–Kier alpha value is -0.500. The van der Waals surface area contributed by atoms with E-state index in [1.165, 1.54) is 5.56 Å². The van der Waals surface area contributed by atoms with Crippen LogP contribution in [0, 0.1) is 5.41 Å². The molecule has 2 heteroatoms. The van der Waals surface area contributed by atoms with E-state index in [4.69, 9.17) is 4.74 Å². The SMILES string of the molecule is CCC(C)c1ccccc1OCC(C)(C)CBr. The van der Waals surface area contributed by atoms with Crippen molar-refractivity contribution in [1.82, 2.24) is 0 Å². The van der Waals surface area contributed by atoms with Gasteiger partial charge in [-0.25, -0.2) is 0 Å². The molecular formula is C15H23BrO. The summed E-state index contributed by atoms with van der Waals surface area (Å²) in [6.45, 7) is 9.61. The molecule has 0 amide bonds. The van der Waals surface area contributed by atoms with Gasteiger partial charge in [-0.05, 0) is 24.0 Å². The summed E-state index contributed by atoms with van der Waals surface area (Å²) < 4.78 is 5.99. The summed E-state index contributed by atoms with van der Waals surface area (Å²) in [7, 11) is 0. The summed E-state index contributed by atoms with van der Waals surface area (Å²) >= 11 is 3.53. The van der Waals surface area contributed by atoms with Gasteiger partial charge in [0.25, 0.3) is 0 Å². The fourth-order valence-corrected chi connectivity index (χ4v) is 1.71. The fourth-order valence-electron chi connectivity index (χ4n) is 1.55. The van der Waals surface area contributed by atoms with Crippen LogP contribution in [-0.4, -0.2) is 11.9 Å². The van der Waals surface area contributed by atoms with Crippen molar-refractivity contribution in [2.24, 2.45) is 5.41 Å². The second kappa shape index (κ2) is 6.44. The maximum absolute atomic E-state index is 5.99. The monoisotopic (exact) mass is 298 g/mol. The minimum absolute atomic E-state index is 0.169. The molecule has 1 aromatic carbocycles. The first-order chi connectivity index (χ1) is 8.00. The lowest BCUT2D eigenvalue weighted by atomic mass is 9.96. The highest BCUT2D eigenvalue weighted by atomic mass is 79.9. The lowest BCUT2D eigenvalue weighted by Crippen LogP contribution is -2.23. The number of para-hydroxylation sites is 1. The molecule has 0 N–H and O–H groups in total. The van der Waals surface area contributed by atoms with Crippen LogP contribution in [0.5, 0.6) is 5.75 Å². The van der Waals surface area contributed by atoms with Crippen LogP contribution in [0.25, 0.3) is 0 Å². The van der Waals surface area contributed by atoms with Gasteiger partial charge in [-0.2, -0.15) is 0 Å². The predicted octanol–water partition coefficient (Wildman–Crippen LogP) is 5.00. The first kappa shape index (κ1) is 14.6. The van der Waals surface area contributed by atoms with E-state index in [2.05, 4.69) is 61.8 Å². The quantitative estimate of drug-likeness (QED) is 0.672. The van der Waals surface area contributed by atoms with Crippen LogP contribution < -0.4 is 4.74 Å². The zero-order chi connectivity index (χ0) is 12.9. The van der Waals surface area contributed by atoms with Crippen molar-refractivity contribution in [3.8, 4) is 5.75 Å². The molecule has 0 fully saturated rings. The van der Waals surface area contributed by atoms with Gasteiger partial charge >= 0.3 is 0 Å². The Morgan fingerprint density at radius 3 is 2.53 bits per heavy atom. The van der Waals surface area contributed by atoms with E-state index in [0.717, 1.165) is 24.1 Å². The van der Waals surface area contributed by atoms with E-state index in [-0.39, 0.29) is 5.41 Å². The van der Waals surface area contributed by atoms with Crippen LogP contribution in [0.1, 0.15) is 45.6 Å². The second-order valence-corrected chi connectivity index (χ2v) is 5.99. The van der Waals surface area contributed by atoms with E-state index in [1.54, 1.807) is 0 Å². The second-order valence-electron chi connectivity index (χ2n) is 5.43. The number of hydrogen-bond acceptors (Lipinski definition) is 1.